The number of para-hydroxylation sites is 1. The number of anilines is 1. The number of carbonyl (C=O) groups is 1. The Labute approximate surface area is 232 Å². The number of halogens is 4. The molecule has 0 atom stereocenters. The van der Waals surface area contributed by atoms with E-state index < -0.39 is 17.5 Å². The lowest BCUT2D eigenvalue weighted by molar-refractivity contribution is -0.147. The Hall–Kier alpha value is -4.44. The minimum absolute atomic E-state index is 0.114. The van der Waals surface area contributed by atoms with E-state index in [1.54, 1.807) is 43.3 Å². The summed E-state index contributed by atoms with van der Waals surface area (Å²) in [5, 5.41) is 30.2. The van der Waals surface area contributed by atoms with Crippen molar-refractivity contribution in [3.8, 4) is 11.8 Å². The first-order chi connectivity index (χ1) is 18.8. The van der Waals surface area contributed by atoms with Gasteiger partial charge in [-0.1, -0.05) is 23.7 Å². The number of aromatic nitrogens is 6. The van der Waals surface area contributed by atoms with Crippen molar-refractivity contribution < 1.29 is 18.0 Å². The smallest absolute Gasteiger partial charge is 0.379 e. The number of rotatable bonds is 7. The molecule has 4 rings (SSSR count). The van der Waals surface area contributed by atoms with Gasteiger partial charge in [0, 0.05) is 5.54 Å². The minimum atomic E-state index is -4.74. The highest BCUT2D eigenvalue weighted by molar-refractivity contribution is 6.32. The highest BCUT2D eigenvalue weighted by Gasteiger charge is 2.38. The van der Waals surface area contributed by atoms with Crippen LogP contribution in [0.3, 0.4) is 0 Å². The fourth-order valence-electron chi connectivity index (χ4n) is 4.03. The van der Waals surface area contributed by atoms with Crippen LogP contribution in [0, 0.1) is 18.3 Å². The molecule has 0 saturated carbocycles. The average molecular weight is 572 g/mol. The van der Waals surface area contributed by atoms with E-state index in [4.69, 9.17) is 11.6 Å². The number of nitrogens with zero attached hydrogens (tertiary/aromatic N) is 7. The zero-order valence-electron chi connectivity index (χ0n) is 22.0. The van der Waals surface area contributed by atoms with Gasteiger partial charge in [0.1, 0.15) is 0 Å². The summed E-state index contributed by atoms with van der Waals surface area (Å²) in [4.78, 5) is 13.1. The summed E-state index contributed by atoms with van der Waals surface area (Å²) < 4.78 is 42.1. The van der Waals surface area contributed by atoms with Gasteiger partial charge in [0.15, 0.2) is 0 Å². The normalized spacial score (nSPS) is 11.8. The molecule has 2 aromatic carbocycles. The summed E-state index contributed by atoms with van der Waals surface area (Å²) >= 11 is 6.42. The average Bonchev–Trinajstić information content (AvgIpc) is 3.49. The van der Waals surface area contributed by atoms with Crippen LogP contribution < -0.4 is 10.6 Å². The van der Waals surface area contributed by atoms with Crippen LogP contribution in [-0.2, 0) is 19.3 Å². The summed E-state index contributed by atoms with van der Waals surface area (Å²) in [6.07, 6.45) is -4.74. The number of alkyl halides is 3. The first-order valence-electron chi connectivity index (χ1n) is 12.0. The van der Waals surface area contributed by atoms with E-state index in [1.807, 2.05) is 20.8 Å². The summed E-state index contributed by atoms with van der Waals surface area (Å²) in [5.41, 5.74) is 2.52. The molecular formula is C26H25ClF3N9O. The molecule has 2 heterocycles. The predicted octanol–water partition coefficient (Wildman–Crippen LogP) is 4.90. The van der Waals surface area contributed by atoms with E-state index in [-0.39, 0.29) is 30.3 Å². The van der Waals surface area contributed by atoms with Crippen LogP contribution in [-0.4, -0.2) is 41.4 Å². The van der Waals surface area contributed by atoms with E-state index in [0.717, 1.165) is 0 Å². The van der Waals surface area contributed by atoms with Crippen molar-refractivity contribution in [2.75, 3.05) is 5.32 Å². The lowest BCUT2D eigenvalue weighted by Gasteiger charge is -2.23. The molecular weight excluding hydrogens is 547 g/mol. The van der Waals surface area contributed by atoms with Gasteiger partial charge in [0.05, 0.1) is 58.1 Å². The molecule has 0 spiro atoms. The molecule has 208 valence electrons. The Morgan fingerprint density at radius 1 is 1.15 bits per heavy atom. The predicted molar refractivity (Wildman–Crippen MR) is 141 cm³/mol. The molecule has 10 nitrogen and oxygen atoms in total. The fraction of sp³-hybridized carbons (Fsp3) is 0.308. The second-order valence-electron chi connectivity index (χ2n) is 10.0. The Morgan fingerprint density at radius 2 is 1.88 bits per heavy atom. The quantitative estimate of drug-likeness (QED) is 0.323. The highest BCUT2D eigenvalue weighted by atomic mass is 35.5. The van der Waals surface area contributed by atoms with E-state index in [2.05, 4.69) is 37.3 Å². The minimum Gasteiger partial charge on any atom is -0.379 e. The van der Waals surface area contributed by atoms with E-state index >= 15 is 0 Å². The van der Waals surface area contributed by atoms with E-state index in [1.165, 1.54) is 10.7 Å². The standard InChI is InChI=1S/C26H25ClF3N9O/c1-15-9-16(12-31)10-19(23(40)33-25(2,3)4)22(15)32-13-18-11-17(14-38-24(26(28,29)30)34-36-37-38)35-39(18)21-8-6-5-7-20(21)27/h5-11,32H,13-14H2,1-4H3,(H,33,40). The first-order valence-corrected chi connectivity index (χ1v) is 12.4. The third-order valence-electron chi connectivity index (χ3n) is 5.66. The van der Waals surface area contributed by atoms with Gasteiger partial charge in [0.25, 0.3) is 11.7 Å². The van der Waals surface area contributed by atoms with Crippen molar-refractivity contribution in [3.05, 3.63) is 81.4 Å². The third-order valence-corrected chi connectivity index (χ3v) is 5.98. The maximum Gasteiger partial charge on any atom is 0.453 e. The van der Waals surface area contributed by atoms with Crippen molar-refractivity contribution in [2.45, 2.75) is 52.5 Å². The maximum atomic E-state index is 13.3. The molecule has 0 saturated heterocycles. The largest absolute Gasteiger partial charge is 0.453 e. The third kappa shape index (κ3) is 6.40. The van der Waals surface area contributed by atoms with Crippen LogP contribution in [0.25, 0.3) is 5.69 Å². The summed E-state index contributed by atoms with van der Waals surface area (Å²) in [6, 6.07) is 13.7. The van der Waals surface area contributed by atoms with Crippen molar-refractivity contribution in [1.29, 1.82) is 5.26 Å². The Kier molecular flexibility index (Phi) is 7.84. The number of aryl methyl sites for hydroxylation is 1. The van der Waals surface area contributed by atoms with Gasteiger partial charge >= 0.3 is 6.18 Å². The van der Waals surface area contributed by atoms with Gasteiger partial charge in [-0.2, -0.15) is 23.5 Å². The summed E-state index contributed by atoms with van der Waals surface area (Å²) in [6.45, 7) is 7.07. The molecule has 0 bridgehead atoms. The molecule has 4 aromatic rings. The van der Waals surface area contributed by atoms with Crippen LogP contribution >= 0.6 is 11.6 Å². The second kappa shape index (κ2) is 11.0. The molecule has 40 heavy (non-hydrogen) atoms. The molecule has 0 unspecified atom stereocenters. The molecule has 0 fully saturated rings. The molecule has 1 amide bonds. The van der Waals surface area contributed by atoms with Gasteiger partial charge in [0.2, 0.25) is 0 Å². The highest BCUT2D eigenvalue weighted by Crippen LogP contribution is 2.29. The van der Waals surface area contributed by atoms with Gasteiger partial charge in [-0.25, -0.2) is 9.36 Å². The Balaban J connectivity index is 1.73. The molecule has 0 radical (unpaired) electrons. The van der Waals surface area contributed by atoms with Crippen molar-refractivity contribution in [1.82, 2.24) is 35.3 Å². The van der Waals surface area contributed by atoms with Crippen LogP contribution in [0.2, 0.25) is 5.02 Å². The number of benzene rings is 2. The van der Waals surface area contributed by atoms with Crippen LogP contribution in [0.1, 0.15) is 59.5 Å². The van der Waals surface area contributed by atoms with Crippen molar-refractivity contribution >= 4 is 23.2 Å². The zero-order chi connectivity index (χ0) is 29.2. The van der Waals surface area contributed by atoms with Gasteiger partial charge in [-0.3, -0.25) is 4.79 Å². The van der Waals surface area contributed by atoms with Gasteiger partial charge in [-0.15, -0.1) is 5.10 Å². The molecule has 2 N–H and O–H groups in total. The number of hydrogen-bond donors (Lipinski definition) is 2. The number of hydrogen-bond acceptors (Lipinski definition) is 7. The number of amides is 1. The number of nitriles is 1. The van der Waals surface area contributed by atoms with E-state index in [9.17, 15) is 23.2 Å². The fourth-order valence-corrected chi connectivity index (χ4v) is 4.25. The Bertz CT molecular complexity index is 1600. The monoisotopic (exact) mass is 571 g/mol. The molecule has 0 aliphatic carbocycles. The number of tetrazole rings is 1. The molecule has 0 aliphatic rings. The SMILES string of the molecule is Cc1cc(C#N)cc(C(=O)NC(C)(C)C)c1NCc1cc(Cn2nnnc2C(F)(F)F)nn1-c1ccccc1Cl. The molecule has 14 heteroatoms. The van der Waals surface area contributed by atoms with Crippen LogP contribution in [0.4, 0.5) is 18.9 Å². The summed E-state index contributed by atoms with van der Waals surface area (Å²) in [5.74, 6) is -1.61. The lowest BCUT2D eigenvalue weighted by atomic mass is 10.0. The maximum absolute atomic E-state index is 13.3. The molecule has 2 aromatic heterocycles. The topological polar surface area (TPSA) is 126 Å². The zero-order valence-corrected chi connectivity index (χ0v) is 22.8. The van der Waals surface area contributed by atoms with Gasteiger partial charge in [-0.05, 0) is 74.0 Å². The van der Waals surface area contributed by atoms with Crippen molar-refractivity contribution in [3.63, 3.8) is 0 Å². The molecule has 0 aliphatic heterocycles. The van der Waals surface area contributed by atoms with Crippen LogP contribution in [0.5, 0.6) is 0 Å². The summed E-state index contributed by atoms with van der Waals surface area (Å²) in [7, 11) is 0. The van der Waals surface area contributed by atoms with Crippen molar-refractivity contribution in [2.24, 2.45) is 0 Å². The second-order valence-corrected chi connectivity index (χ2v) is 10.4. The van der Waals surface area contributed by atoms with E-state index in [0.29, 0.717) is 37.9 Å². The lowest BCUT2D eigenvalue weighted by Crippen LogP contribution is -2.41. The number of nitrogens with one attached hydrogen (secondary N) is 2. The first kappa shape index (κ1) is 28.6. The van der Waals surface area contributed by atoms with Gasteiger partial charge < -0.3 is 10.6 Å². The van der Waals surface area contributed by atoms with Crippen LogP contribution in [0.15, 0.2) is 42.5 Å². The number of carbonyl (C=O) groups excluding carboxylic acids is 1. The Morgan fingerprint density at radius 3 is 2.52 bits per heavy atom.